The van der Waals surface area contributed by atoms with E-state index in [1.165, 1.54) is 7.11 Å². The number of hydrogen-bond acceptors (Lipinski definition) is 22. The van der Waals surface area contributed by atoms with Gasteiger partial charge in [-0.05, 0) is 197 Å². The van der Waals surface area contributed by atoms with Gasteiger partial charge in [-0.15, -0.1) is 0 Å². The highest BCUT2D eigenvalue weighted by Gasteiger charge is 2.34. The number of esters is 6. The van der Waals surface area contributed by atoms with Gasteiger partial charge in [-0.2, -0.15) is 0 Å². The number of nitrogens with one attached hydrogen (secondary N) is 6. The monoisotopic (exact) mass is 1460 g/mol. The van der Waals surface area contributed by atoms with Gasteiger partial charge >= 0.3 is 41.8 Å². The second kappa shape index (κ2) is 42.6. The molecule has 0 radical (unpaired) electrons. The molecule has 0 bridgehead atoms. The fourth-order valence-electron chi connectivity index (χ4n) is 11.9. The van der Waals surface area contributed by atoms with Crippen LogP contribution >= 0.6 is 0 Å². The standard InChI is InChI=1S/C76H125N11O17/c1-72(2,3)100-62(89)34-33-59(70(97)104-76(13,14)15)83-71(98)82-58(69(96)99-16)26-20-22-36-79-68(95)60(46-53-29-30-54-23-17-18-24-56(54)45-53)81-66(93)55-31-27-52(28-32-55)47-80-67(94)57(77)25-19-21-35-78-61(88)48-84-37-39-85(49-63(90)101-73(4,5)6)41-43-87(51-65(92)103-75(10,11)12)44-42-86(40-38-84)50-64(91)102-74(7,8)9/h17-18,23-24,29-30,45,52,55,57-60H,19-22,25-28,31-44,46-51,77H2,1-16H3,(H,78,88)(H,79,95)(H,80,94)(H,81,93)(H2,82,83,98). The van der Waals surface area contributed by atoms with Gasteiger partial charge in [0.2, 0.25) is 23.6 Å². The summed E-state index contributed by atoms with van der Waals surface area (Å²) in [6.45, 7) is 30.7. The second-order valence-corrected chi connectivity index (χ2v) is 32.4. The largest absolute Gasteiger partial charge is 0.467 e. The Morgan fingerprint density at radius 3 is 1.38 bits per heavy atom. The molecule has 8 N–H and O–H groups in total. The van der Waals surface area contributed by atoms with Crippen LogP contribution in [0.15, 0.2) is 42.5 Å². The molecule has 104 heavy (non-hydrogen) atoms. The number of hydrogen-bond donors (Lipinski definition) is 7. The van der Waals surface area contributed by atoms with Gasteiger partial charge in [-0.3, -0.25) is 58.0 Å². The summed E-state index contributed by atoms with van der Waals surface area (Å²) in [6.07, 6.45) is 4.70. The van der Waals surface area contributed by atoms with E-state index >= 15 is 0 Å². The minimum atomic E-state index is -1.24. The molecule has 28 nitrogen and oxygen atoms in total. The van der Waals surface area contributed by atoms with Crippen LogP contribution in [0.1, 0.15) is 186 Å². The number of urea groups is 1. The molecule has 586 valence electrons. The lowest BCUT2D eigenvalue weighted by Gasteiger charge is -2.34. The zero-order valence-electron chi connectivity index (χ0n) is 65.1. The summed E-state index contributed by atoms with van der Waals surface area (Å²) in [6, 6.07) is 8.82. The van der Waals surface area contributed by atoms with Crippen LogP contribution in [0.4, 0.5) is 4.79 Å². The molecule has 2 aromatic carbocycles. The lowest BCUT2D eigenvalue weighted by Crippen LogP contribution is -2.52. The lowest BCUT2D eigenvalue weighted by molar-refractivity contribution is -0.159. The van der Waals surface area contributed by atoms with Crippen molar-refractivity contribution in [2.24, 2.45) is 17.6 Å². The van der Waals surface area contributed by atoms with Crippen molar-refractivity contribution in [3.05, 3.63) is 48.0 Å². The van der Waals surface area contributed by atoms with E-state index in [1.54, 1.807) is 41.5 Å². The Bertz CT molecular complexity index is 3080. The molecule has 4 atom stereocenters. The van der Waals surface area contributed by atoms with Gasteiger partial charge in [0.15, 0.2) is 0 Å². The van der Waals surface area contributed by atoms with Gasteiger partial charge in [0.1, 0.15) is 46.1 Å². The van der Waals surface area contributed by atoms with Gasteiger partial charge in [-0.25, -0.2) is 14.4 Å². The summed E-state index contributed by atoms with van der Waals surface area (Å²) >= 11 is 0. The van der Waals surface area contributed by atoms with E-state index in [1.807, 2.05) is 124 Å². The number of benzene rings is 2. The molecule has 1 saturated carbocycles. The molecule has 2 aromatic rings. The van der Waals surface area contributed by atoms with Gasteiger partial charge in [-0.1, -0.05) is 42.5 Å². The van der Waals surface area contributed by atoms with E-state index in [4.69, 9.17) is 34.2 Å². The molecule has 1 aliphatic heterocycles. The number of methoxy groups -OCH3 is 1. The number of carbonyl (C=O) groups excluding carboxylic acids is 11. The van der Waals surface area contributed by atoms with Crippen LogP contribution in [0.3, 0.4) is 0 Å². The average Bonchev–Trinajstić information content (AvgIpc) is 0.836. The Morgan fingerprint density at radius 2 is 0.904 bits per heavy atom. The van der Waals surface area contributed by atoms with E-state index in [0.717, 1.165) is 16.3 Å². The van der Waals surface area contributed by atoms with Crippen molar-refractivity contribution in [2.45, 2.75) is 239 Å². The Kier molecular flexibility index (Phi) is 36.4. The van der Waals surface area contributed by atoms with Crippen LogP contribution in [0.25, 0.3) is 10.8 Å². The third kappa shape index (κ3) is 38.0. The fraction of sp³-hybridized carbons (Fsp3) is 0.724. The van der Waals surface area contributed by atoms with Crippen molar-refractivity contribution in [1.29, 1.82) is 0 Å². The molecule has 1 aliphatic carbocycles. The van der Waals surface area contributed by atoms with Crippen molar-refractivity contribution < 1.29 is 81.2 Å². The second-order valence-electron chi connectivity index (χ2n) is 32.4. The van der Waals surface area contributed by atoms with Crippen LogP contribution < -0.4 is 37.6 Å². The van der Waals surface area contributed by atoms with Crippen molar-refractivity contribution >= 4 is 76.2 Å². The molecule has 6 amide bonds. The van der Waals surface area contributed by atoms with Crippen LogP contribution in [0.5, 0.6) is 0 Å². The van der Waals surface area contributed by atoms with Crippen molar-refractivity contribution in [3.8, 4) is 0 Å². The maximum atomic E-state index is 14.1. The van der Waals surface area contributed by atoms with Crippen molar-refractivity contribution in [3.63, 3.8) is 0 Å². The van der Waals surface area contributed by atoms with E-state index in [-0.39, 0.29) is 93.9 Å². The molecule has 2 fully saturated rings. The fourth-order valence-corrected chi connectivity index (χ4v) is 11.9. The number of ether oxygens (including phenoxy) is 6. The molecule has 4 rings (SSSR count). The zero-order valence-corrected chi connectivity index (χ0v) is 65.1. The number of unbranched alkanes of at least 4 members (excludes halogenated alkanes) is 2. The molecule has 0 spiro atoms. The maximum Gasteiger partial charge on any atom is 0.329 e. The average molecular weight is 1460 g/mol. The van der Waals surface area contributed by atoms with Crippen molar-refractivity contribution in [2.75, 3.05) is 105 Å². The summed E-state index contributed by atoms with van der Waals surface area (Å²) in [5.74, 6) is -4.64. The summed E-state index contributed by atoms with van der Waals surface area (Å²) < 4.78 is 32.9. The molecule has 2 aliphatic rings. The number of amides is 6. The predicted molar refractivity (Wildman–Crippen MR) is 395 cm³/mol. The number of nitrogens with two attached hydrogens (primary N) is 1. The number of nitrogens with zero attached hydrogens (tertiary/aromatic N) is 4. The number of rotatable bonds is 33. The van der Waals surface area contributed by atoms with Gasteiger partial charge in [0.05, 0.1) is 39.3 Å². The molecule has 1 saturated heterocycles. The Morgan fingerprint density at radius 1 is 0.462 bits per heavy atom. The first-order chi connectivity index (χ1) is 48.5. The van der Waals surface area contributed by atoms with Crippen LogP contribution in [-0.4, -0.2) is 243 Å². The van der Waals surface area contributed by atoms with E-state index < -0.39 is 94.0 Å². The van der Waals surface area contributed by atoms with Gasteiger partial charge in [0, 0.05) is 90.8 Å². The Labute approximate surface area is 616 Å². The van der Waals surface area contributed by atoms with Crippen molar-refractivity contribution in [1.82, 2.24) is 51.5 Å². The number of fused-ring (bicyclic) bond motifs is 1. The SMILES string of the molecule is COC(=O)C(CCCCNC(=O)C(Cc1ccc2ccccc2c1)NC(=O)C1CCC(CNC(=O)C(N)CCCCNC(=O)CN2CCN(CC(=O)OC(C)(C)C)CCN(CC(=O)OC(C)(C)C)CCN(CC(=O)OC(C)(C)C)CC2)CC1)NC(=O)NC(CCC(=O)OC(C)(C)C)C(=O)OC(C)(C)C. The molecule has 4 unspecified atom stereocenters. The predicted octanol–water partition coefficient (Wildman–Crippen LogP) is 5.61. The zero-order chi connectivity index (χ0) is 77.6. The van der Waals surface area contributed by atoms with Gasteiger partial charge < -0.3 is 66.1 Å². The molecule has 0 aromatic heterocycles. The van der Waals surface area contributed by atoms with E-state index in [0.29, 0.717) is 123 Å². The van der Waals surface area contributed by atoms with Crippen LogP contribution in [0.2, 0.25) is 0 Å². The van der Waals surface area contributed by atoms with Crippen LogP contribution in [0, 0.1) is 11.8 Å². The summed E-state index contributed by atoms with van der Waals surface area (Å²) in [4.78, 5) is 154. The number of carbonyl (C=O) groups is 11. The normalized spacial score (nSPS) is 17.7. The maximum absolute atomic E-state index is 14.1. The molecular weight excluding hydrogens is 1340 g/mol. The Balaban J connectivity index is 1.27. The van der Waals surface area contributed by atoms with Crippen LogP contribution in [-0.2, 0) is 82.8 Å². The van der Waals surface area contributed by atoms with E-state index in [2.05, 4.69) is 31.9 Å². The first kappa shape index (κ1) is 88.9. The summed E-state index contributed by atoms with van der Waals surface area (Å²) in [7, 11) is 1.18. The molecular formula is C76H125N11O17. The highest BCUT2D eigenvalue weighted by atomic mass is 16.6. The first-order valence-electron chi connectivity index (χ1n) is 37.0. The molecule has 28 heteroatoms. The summed E-state index contributed by atoms with van der Waals surface area (Å²) in [5, 5.41) is 19.2. The summed E-state index contributed by atoms with van der Waals surface area (Å²) in [5.41, 5.74) is 3.50. The first-order valence-corrected chi connectivity index (χ1v) is 37.0. The Hall–Kier alpha value is -7.53. The molecule has 1 heterocycles. The van der Waals surface area contributed by atoms with E-state index in [9.17, 15) is 52.7 Å². The quantitative estimate of drug-likeness (QED) is 0.0259. The lowest BCUT2D eigenvalue weighted by atomic mass is 9.81. The smallest absolute Gasteiger partial charge is 0.329 e. The highest BCUT2D eigenvalue weighted by Crippen LogP contribution is 2.29. The van der Waals surface area contributed by atoms with Gasteiger partial charge in [0.25, 0.3) is 0 Å². The minimum Gasteiger partial charge on any atom is -0.467 e. The topological polar surface area (TPSA) is 354 Å². The third-order valence-corrected chi connectivity index (χ3v) is 16.9. The minimum absolute atomic E-state index is 0.00194. The third-order valence-electron chi connectivity index (χ3n) is 16.9. The highest BCUT2D eigenvalue weighted by molar-refractivity contribution is 5.90.